The van der Waals surface area contributed by atoms with E-state index in [1.807, 2.05) is 30.6 Å². The predicted molar refractivity (Wildman–Crippen MR) is 108 cm³/mol. The van der Waals surface area contributed by atoms with Gasteiger partial charge in [-0.25, -0.2) is 4.39 Å². The van der Waals surface area contributed by atoms with Crippen LogP contribution in [-0.2, 0) is 9.59 Å². The summed E-state index contributed by atoms with van der Waals surface area (Å²) in [6.45, 7) is 8.86. The lowest BCUT2D eigenvalue weighted by Crippen LogP contribution is -2.55. The van der Waals surface area contributed by atoms with Gasteiger partial charge in [0.05, 0.1) is 5.92 Å². The Morgan fingerprint density at radius 1 is 0.897 bits per heavy atom. The van der Waals surface area contributed by atoms with Crippen molar-refractivity contribution in [1.29, 1.82) is 0 Å². The summed E-state index contributed by atoms with van der Waals surface area (Å²) in [5.74, 6) is -0.596. The highest BCUT2D eigenvalue weighted by Crippen LogP contribution is 2.23. The Morgan fingerprint density at radius 3 is 2.07 bits per heavy atom. The highest BCUT2D eigenvalue weighted by atomic mass is 19.1. The molecule has 3 amide bonds. The van der Waals surface area contributed by atoms with E-state index < -0.39 is 5.41 Å². The zero-order valence-electron chi connectivity index (χ0n) is 17.5. The third-order valence-electron chi connectivity index (χ3n) is 5.67. The quantitative estimate of drug-likeness (QED) is 0.762. The Morgan fingerprint density at radius 2 is 1.48 bits per heavy atom. The molecule has 1 unspecified atom stereocenters. The van der Waals surface area contributed by atoms with Crippen molar-refractivity contribution < 1.29 is 18.8 Å². The van der Waals surface area contributed by atoms with Gasteiger partial charge in [-0.15, -0.1) is 0 Å². The van der Waals surface area contributed by atoms with Crippen LogP contribution in [0.25, 0.3) is 0 Å². The van der Waals surface area contributed by atoms with Gasteiger partial charge in [-0.3, -0.25) is 14.4 Å². The molecule has 158 valence electrons. The number of halogens is 1. The largest absolute Gasteiger partial charge is 0.339 e. The highest BCUT2D eigenvalue weighted by Gasteiger charge is 2.35. The van der Waals surface area contributed by atoms with Crippen molar-refractivity contribution in [3.63, 3.8) is 0 Å². The molecule has 1 aromatic rings. The molecule has 2 aliphatic heterocycles. The minimum Gasteiger partial charge on any atom is -0.339 e. The van der Waals surface area contributed by atoms with Gasteiger partial charge in [0.2, 0.25) is 11.8 Å². The molecule has 7 heteroatoms. The van der Waals surface area contributed by atoms with E-state index in [4.69, 9.17) is 0 Å². The summed E-state index contributed by atoms with van der Waals surface area (Å²) < 4.78 is 13.1. The maximum absolute atomic E-state index is 13.1. The summed E-state index contributed by atoms with van der Waals surface area (Å²) in [4.78, 5) is 43.5. The second-order valence-electron chi connectivity index (χ2n) is 8.96. The molecule has 1 aromatic carbocycles. The van der Waals surface area contributed by atoms with Crippen molar-refractivity contribution in [1.82, 2.24) is 14.7 Å². The van der Waals surface area contributed by atoms with Crippen molar-refractivity contribution >= 4 is 17.7 Å². The molecule has 2 heterocycles. The number of amides is 3. The highest BCUT2D eigenvalue weighted by molar-refractivity contribution is 5.94. The van der Waals surface area contributed by atoms with Crippen LogP contribution in [0.2, 0.25) is 0 Å². The zero-order chi connectivity index (χ0) is 21.2. The minimum atomic E-state index is -0.420. The van der Waals surface area contributed by atoms with Gasteiger partial charge in [0, 0.05) is 50.2 Å². The first-order valence-corrected chi connectivity index (χ1v) is 10.3. The SMILES string of the molecule is CC(C)(C)C(=O)N1CCN(C(=O)C2CCCN(C(=O)c3ccc(F)cc3)C2)CC1. The molecular formula is C22H30FN3O3. The maximum atomic E-state index is 13.1. The molecule has 0 saturated carbocycles. The van der Waals surface area contributed by atoms with Crippen molar-refractivity contribution in [3.8, 4) is 0 Å². The Labute approximate surface area is 171 Å². The van der Waals surface area contributed by atoms with Gasteiger partial charge >= 0.3 is 0 Å². The van der Waals surface area contributed by atoms with Crippen molar-refractivity contribution in [2.24, 2.45) is 11.3 Å². The smallest absolute Gasteiger partial charge is 0.253 e. The molecule has 2 fully saturated rings. The normalized spacial score (nSPS) is 20.6. The minimum absolute atomic E-state index is 0.0597. The van der Waals surface area contributed by atoms with Gasteiger partial charge in [0.1, 0.15) is 5.82 Å². The van der Waals surface area contributed by atoms with Crippen LogP contribution in [0.5, 0.6) is 0 Å². The van der Waals surface area contributed by atoms with E-state index in [1.165, 1.54) is 24.3 Å². The van der Waals surface area contributed by atoms with Crippen LogP contribution in [0.15, 0.2) is 24.3 Å². The monoisotopic (exact) mass is 403 g/mol. The van der Waals surface area contributed by atoms with Crippen LogP contribution in [-0.4, -0.2) is 71.7 Å². The summed E-state index contributed by atoms with van der Waals surface area (Å²) in [5.41, 5.74) is 0.0188. The molecule has 2 aliphatic rings. The molecule has 0 bridgehead atoms. The molecule has 0 N–H and O–H groups in total. The number of carbonyl (C=O) groups is 3. The van der Waals surface area contributed by atoms with Gasteiger partial charge in [-0.1, -0.05) is 20.8 Å². The lowest BCUT2D eigenvalue weighted by molar-refractivity contribution is -0.147. The van der Waals surface area contributed by atoms with Crippen LogP contribution in [0.4, 0.5) is 4.39 Å². The Balaban J connectivity index is 1.57. The standard InChI is InChI=1S/C22H30FN3O3/c1-22(2,3)21(29)25-13-11-24(12-14-25)20(28)17-5-4-10-26(15-17)19(27)16-6-8-18(23)9-7-16/h6-9,17H,4-5,10-15H2,1-3H3. The fourth-order valence-corrected chi connectivity index (χ4v) is 4.00. The third-order valence-corrected chi connectivity index (χ3v) is 5.67. The molecule has 3 rings (SSSR count). The molecule has 29 heavy (non-hydrogen) atoms. The summed E-state index contributed by atoms with van der Waals surface area (Å²) >= 11 is 0. The first-order chi connectivity index (χ1) is 13.7. The van der Waals surface area contributed by atoms with Gasteiger partial charge in [0.25, 0.3) is 5.91 Å². The topological polar surface area (TPSA) is 60.9 Å². The van der Waals surface area contributed by atoms with Crippen LogP contribution in [0.3, 0.4) is 0 Å². The molecule has 1 atom stereocenters. The van der Waals surface area contributed by atoms with Gasteiger partial charge in [-0.2, -0.15) is 0 Å². The molecule has 0 aromatic heterocycles. The molecular weight excluding hydrogens is 373 g/mol. The summed E-state index contributed by atoms with van der Waals surface area (Å²) in [5, 5.41) is 0. The fraction of sp³-hybridized carbons (Fsp3) is 0.591. The molecule has 0 radical (unpaired) electrons. The van der Waals surface area contributed by atoms with E-state index in [0.717, 1.165) is 12.8 Å². The predicted octanol–water partition coefficient (Wildman–Crippen LogP) is 2.39. The lowest BCUT2D eigenvalue weighted by atomic mass is 9.94. The van der Waals surface area contributed by atoms with E-state index in [9.17, 15) is 18.8 Å². The van der Waals surface area contributed by atoms with Gasteiger partial charge < -0.3 is 14.7 Å². The van der Waals surface area contributed by atoms with E-state index in [-0.39, 0.29) is 29.5 Å². The van der Waals surface area contributed by atoms with Crippen LogP contribution in [0, 0.1) is 17.2 Å². The number of likely N-dealkylation sites (tertiary alicyclic amines) is 1. The van der Waals surface area contributed by atoms with E-state index in [0.29, 0.717) is 44.8 Å². The van der Waals surface area contributed by atoms with Crippen LogP contribution < -0.4 is 0 Å². The number of piperazine rings is 1. The van der Waals surface area contributed by atoms with Crippen LogP contribution >= 0.6 is 0 Å². The van der Waals surface area contributed by atoms with Gasteiger partial charge in [-0.05, 0) is 37.1 Å². The molecule has 0 aliphatic carbocycles. The second kappa shape index (κ2) is 8.51. The fourth-order valence-electron chi connectivity index (χ4n) is 4.00. The molecule has 0 spiro atoms. The Kier molecular flexibility index (Phi) is 6.24. The average molecular weight is 403 g/mol. The van der Waals surface area contributed by atoms with Crippen molar-refractivity contribution in [3.05, 3.63) is 35.6 Å². The summed E-state index contributed by atoms with van der Waals surface area (Å²) in [6, 6.07) is 5.51. The number of rotatable bonds is 2. The zero-order valence-corrected chi connectivity index (χ0v) is 17.5. The summed E-state index contributed by atoms with van der Waals surface area (Å²) in [6.07, 6.45) is 1.53. The van der Waals surface area contributed by atoms with E-state index >= 15 is 0 Å². The average Bonchev–Trinajstić information content (AvgIpc) is 2.72. The van der Waals surface area contributed by atoms with Gasteiger partial charge in [0.15, 0.2) is 0 Å². The van der Waals surface area contributed by atoms with Crippen molar-refractivity contribution in [2.45, 2.75) is 33.6 Å². The first-order valence-electron chi connectivity index (χ1n) is 10.3. The number of hydrogen-bond donors (Lipinski definition) is 0. The number of hydrogen-bond acceptors (Lipinski definition) is 3. The summed E-state index contributed by atoms with van der Waals surface area (Å²) in [7, 11) is 0. The Hall–Kier alpha value is -2.44. The van der Waals surface area contributed by atoms with E-state index in [2.05, 4.69) is 0 Å². The number of nitrogens with zero attached hydrogens (tertiary/aromatic N) is 3. The molecule has 2 saturated heterocycles. The lowest BCUT2D eigenvalue weighted by Gasteiger charge is -2.40. The van der Waals surface area contributed by atoms with Crippen LogP contribution in [0.1, 0.15) is 44.0 Å². The third kappa shape index (κ3) is 4.95. The van der Waals surface area contributed by atoms with E-state index in [1.54, 1.807) is 4.90 Å². The maximum Gasteiger partial charge on any atom is 0.253 e. The first kappa shape index (κ1) is 21.3. The number of benzene rings is 1. The Bertz CT molecular complexity index is 765. The van der Waals surface area contributed by atoms with Crippen molar-refractivity contribution in [2.75, 3.05) is 39.3 Å². The number of carbonyl (C=O) groups excluding carboxylic acids is 3. The second-order valence-corrected chi connectivity index (χ2v) is 8.96. The number of piperidine rings is 1. The molecule has 6 nitrogen and oxygen atoms in total.